The molecule has 1 aliphatic carbocycles. The Morgan fingerprint density at radius 3 is 2.71 bits per heavy atom. The number of carbonyl (C=O) groups excluding carboxylic acids is 1. The average Bonchev–Trinajstić information content (AvgIpc) is 3.05. The molecular weight excluding hydrogens is 390 g/mol. The van der Waals surface area contributed by atoms with Crippen LogP contribution in [0.4, 0.5) is 0 Å². The van der Waals surface area contributed by atoms with E-state index in [-0.39, 0.29) is 5.91 Å². The molecule has 0 bridgehead atoms. The summed E-state index contributed by atoms with van der Waals surface area (Å²) in [7, 11) is 0. The molecule has 0 atom stereocenters. The lowest BCUT2D eigenvalue weighted by Crippen LogP contribution is -2.43. The Labute approximate surface area is 174 Å². The second-order valence-electron chi connectivity index (χ2n) is 7.70. The fourth-order valence-corrected chi connectivity index (χ4v) is 6.32. The van der Waals surface area contributed by atoms with Gasteiger partial charge in [-0.05, 0) is 31.6 Å². The topological polar surface area (TPSA) is 94.5 Å². The molecule has 1 saturated carbocycles. The van der Waals surface area contributed by atoms with Gasteiger partial charge in [0, 0.05) is 29.8 Å². The summed E-state index contributed by atoms with van der Waals surface area (Å²) in [5.41, 5.74) is 8.83. The molecule has 0 aromatic carbocycles. The molecule has 28 heavy (non-hydrogen) atoms. The normalized spacial score (nSPS) is 26.4. The molecule has 3 heterocycles. The van der Waals surface area contributed by atoms with Crippen LogP contribution in [0.5, 0.6) is 0 Å². The zero-order valence-corrected chi connectivity index (χ0v) is 17.7. The van der Waals surface area contributed by atoms with Crippen LogP contribution in [0, 0.1) is 16.7 Å². The number of hydrogen-bond acceptors (Lipinski definition) is 7. The Kier molecular flexibility index (Phi) is 5.48. The summed E-state index contributed by atoms with van der Waals surface area (Å²) in [4.78, 5) is 18.8. The molecule has 3 aliphatic heterocycles. The van der Waals surface area contributed by atoms with Crippen LogP contribution in [-0.2, 0) is 4.79 Å². The molecule has 1 spiro atoms. The molecule has 1 amide bonds. The van der Waals surface area contributed by atoms with Gasteiger partial charge in [-0.1, -0.05) is 42.8 Å². The van der Waals surface area contributed by atoms with Gasteiger partial charge in [0.15, 0.2) is 0 Å². The van der Waals surface area contributed by atoms with Crippen molar-refractivity contribution in [1.82, 2.24) is 10.2 Å². The van der Waals surface area contributed by atoms with Crippen LogP contribution in [-0.4, -0.2) is 35.5 Å². The van der Waals surface area contributed by atoms with Gasteiger partial charge in [-0.3, -0.25) is 4.79 Å². The van der Waals surface area contributed by atoms with Gasteiger partial charge in [0.1, 0.15) is 10.9 Å². The molecule has 1 saturated heterocycles. The first-order chi connectivity index (χ1) is 13.5. The van der Waals surface area contributed by atoms with Crippen molar-refractivity contribution in [3.63, 3.8) is 0 Å². The van der Waals surface area contributed by atoms with E-state index in [0.29, 0.717) is 22.2 Å². The Morgan fingerprint density at radius 1 is 1.39 bits per heavy atom. The van der Waals surface area contributed by atoms with Gasteiger partial charge in [-0.2, -0.15) is 5.26 Å². The number of allylic oxidation sites excluding steroid dienone is 2. The van der Waals surface area contributed by atoms with Gasteiger partial charge >= 0.3 is 0 Å². The highest BCUT2D eigenvalue weighted by atomic mass is 32.2. The first-order valence-electron chi connectivity index (χ1n) is 9.80. The molecule has 0 aromatic heterocycles. The number of carbonyl (C=O) groups is 1. The summed E-state index contributed by atoms with van der Waals surface area (Å²) in [5, 5.41) is 17.2. The third-order valence-electron chi connectivity index (χ3n) is 5.90. The number of likely N-dealkylation sites (tertiary alicyclic amines) is 1. The summed E-state index contributed by atoms with van der Waals surface area (Å²) in [6, 6.07) is 2.46. The number of hydrogen-bond donors (Lipinski definition) is 2. The van der Waals surface area contributed by atoms with Crippen molar-refractivity contribution in [1.29, 1.82) is 5.26 Å². The number of amidine groups is 1. The van der Waals surface area contributed by atoms with Crippen LogP contribution >= 0.6 is 23.5 Å². The second kappa shape index (κ2) is 7.88. The highest BCUT2D eigenvalue weighted by molar-refractivity contribution is 8.06. The first-order valence-corrected chi connectivity index (χ1v) is 11.7. The maximum atomic E-state index is 12.3. The molecule has 4 aliphatic rings. The quantitative estimate of drug-likeness (QED) is 0.733. The molecule has 8 heteroatoms. The van der Waals surface area contributed by atoms with E-state index in [4.69, 9.17) is 5.73 Å². The maximum absolute atomic E-state index is 12.3. The Hall–Kier alpha value is -1.85. The highest BCUT2D eigenvalue weighted by Crippen LogP contribution is 2.54. The maximum Gasteiger partial charge on any atom is 0.232 e. The number of rotatable bonds is 3. The van der Waals surface area contributed by atoms with Crippen LogP contribution in [0.15, 0.2) is 37.3 Å². The van der Waals surface area contributed by atoms with Gasteiger partial charge < -0.3 is 16.0 Å². The number of nitrogens with zero attached hydrogens (tertiary/aromatic N) is 3. The summed E-state index contributed by atoms with van der Waals surface area (Å²) < 4.78 is 0. The number of nitriles is 1. The average molecular weight is 416 g/mol. The van der Waals surface area contributed by atoms with Crippen LogP contribution < -0.4 is 11.1 Å². The minimum absolute atomic E-state index is 0.115. The Morgan fingerprint density at radius 2 is 2.14 bits per heavy atom. The summed E-state index contributed by atoms with van der Waals surface area (Å²) in [5.74, 6) is 0.912. The smallest absolute Gasteiger partial charge is 0.232 e. The van der Waals surface area contributed by atoms with Crippen molar-refractivity contribution >= 4 is 35.3 Å². The lowest BCUT2D eigenvalue weighted by Gasteiger charge is -2.42. The number of thioether (sulfide) groups is 2. The summed E-state index contributed by atoms with van der Waals surface area (Å²) >= 11 is 2.99. The highest BCUT2D eigenvalue weighted by Gasteiger charge is 2.47. The molecule has 4 rings (SSSR count). The van der Waals surface area contributed by atoms with Crippen LogP contribution in [0.1, 0.15) is 45.4 Å². The summed E-state index contributed by atoms with van der Waals surface area (Å²) in [6.45, 7) is 3.70. The zero-order valence-electron chi connectivity index (χ0n) is 16.1. The molecule has 6 nitrogen and oxygen atoms in total. The van der Waals surface area contributed by atoms with E-state index in [1.807, 2.05) is 11.8 Å². The molecule has 0 radical (unpaired) electrons. The second-order valence-corrected chi connectivity index (χ2v) is 9.55. The minimum Gasteiger partial charge on any atom is -0.383 e. The van der Waals surface area contributed by atoms with Gasteiger partial charge in [-0.15, -0.1) is 0 Å². The largest absolute Gasteiger partial charge is 0.383 e. The summed E-state index contributed by atoms with van der Waals surface area (Å²) in [6.07, 6.45) is 6.18. The van der Waals surface area contributed by atoms with Crippen LogP contribution in [0.3, 0.4) is 0 Å². The number of aliphatic imine (C=N–C) groups is 1. The zero-order chi connectivity index (χ0) is 19.7. The lowest BCUT2D eigenvalue weighted by atomic mass is 9.64. The van der Waals surface area contributed by atoms with E-state index < -0.39 is 5.41 Å². The molecule has 3 N–H and O–H groups in total. The Bertz CT molecular complexity index is 854. The monoisotopic (exact) mass is 415 g/mol. The van der Waals surface area contributed by atoms with Crippen molar-refractivity contribution in [3.8, 4) is 6.07 Å². The van der Waals surface area contributed by atoms with Crippen molar-refractivity contribution in [2.75, 3.05) is 18.8 Å². The first kappa shape index (κ1) is 19.5. The van der Waals surface area contributed by atoms with Crippen molar-refractivity contribution in [2.24, 2.45) is 16.1 Å². The van der Waals surface area contributed by atoms with Crippen LogP contribution in [0.25, 0.3) is 0 Å². The van der Waals surface area contributed by atoms with Gasteiger partial charge in [0.2, 0.25) is 5.91 Å². The third kappa shape index (κ3) is 3.35. The number of amides is 1. The fourth-order valence-electron chi connectivity index (χ4n) is 4.34. The van der Waals surface area contributed by atoms with Crippen molar-refractivity contribution in [2.45, 2.75) is 45.4 Å². The third-order valence-corrected chi connectivity index (χ3v) is 7.87. The van der Waals surface area contributed by atoms with Crippen LogP contribution in [0.2, 0.25) is 0 Å². The van der Waals surface area contributed by atoms with Crippen molar-refractivity contribution < 1.29 is 4.79 Å². The fraction of sp³-hybridized carbons (Fsp3) is 0.550. The van der Waals surface area contributed by atoms with Crippen molar-refractivity contribution in [3.05, 3.63) is 32.3 Å². The lowest BCUT2D eigenvalue weighted by molar-refractivity contribution is -0.131. The van der Waals surface area contributed by atoms with Gasteiger partial charge in [0.05, 0.1) is 22.4 Å². The predicted octanol–water partition coefficient (Wildman–Crippen LogP) is 3.42. The molecule has 0 unspecified atom stereocenters. The molecular formula is C20H25N5OS2. The molecule has 0 aromatic rings. The minimum atomic E-state index is -0.394. The van der Waals surface area contributed by atoms with E-state index in [2.05, 4.69) is 21.8 Å². The number of nitrogens with two attached hydrogens (primary N) is 1. The van der Waals surface area contributed by atoms with E-state index in [0.717, 1.165) is 61.5 Å². The van der Waals surface area contributed by atoms with Gasteiger partial charge in [0.25, 0.3) is 0 Å². The van der Waals surface area contributed by atoms with E-state index in [9.17, 15) is 10.1 Å². The van der Waals surface area contributed by atoms with E-state index in [1.54, 1.807) is 11.8 Å². The van der Waals surface area contributed by atoms with E-state index >= 15 is 0 Å². The SMILES string of the molecule is CC1=CS/C(=C2\C(N)=NC(SCC(=O)N3CCC3)=C(C#N)C23CCCCC3)N1. The van der Waals surface area contributed by atoms with Gasteiger partial charge in [-0.25, -0.2) is 4.99 Å². The molecule has 148 valence electrons. The number of nitrogens with one attached hydrogen (secondary N) is 1. The molecule has 2 fully saturated rings. The van der Waals surface area contributed by atoms with E-state index in [1.165, 1.54) is 18.2 Å². The predicted molar refractivity (Wildman–Crippen MR) is 115 cm³/mol. The standard InChI is InChI=1S/C20H25N5OS2/c1-13-11-27-19(23-13)16-17(22)24-18(28-12-15(26)25-8-5-9-25)14(10-21)20(16)6-3-2-4-7-20/h11,23H,2-9,12H2,1H3,(H2,22,24)/b19-16+. The Balaban J connectivity index is 1.70.